The summed E-state index contributed by atoms with van der Waals surface area (Å²) in [5.41, 5.74) is 4.49. The SMILES string of the molecule is Cc1c(Cl)c2c(Cl)c(C)c1-c1c(-c3ccc(F)cc3)sc3ncnc(c13)O[C@@H](C(=O)O)Cc1cc(ccc1OCC1=CC=NC(OC[C@@H]3CN(C)CCCO3)N1)OC[C@@H](CN1CCN(C)CC1)O2. The van der Waals surface area contributed by atoms with Crippen LogP contribution in [0, 0.1) is 19.7 Å². The summed E-state index contributed by atoms with van der Waals surface area (Å²) in [4.78, 5) is 35.0. The van der Waals surface area contributed by atoms with Crippen LogP contribution < -0.4 is 24.3 Å². The third-order valence-electron chi connectivity index (χ3n) is 12.5. The Morgan fingerprint density at radius 1 is 0.971 bits per heavy atom. The molecule has 0 amide bonds. The summed E-state index contributed by atoms with van der Waals surface area (Å²) in [6.07, 6.45) is 2.92. The number of allylic oxidation sites excluding steroid dienone is 1. The van der Waals surface area contributed by atoms with Gasteiger partial charge in [-0.1, -0.05) is 35.3 Å². The van der Waals surface area contributed by atoms with Gasteiger partial charge in [-0.3, -0.25) is 4.90 Å². The molecule has 68 heavy (non-hydrogen) atoms. The van der Waals surface area contributed by atoms with E-state index in [1.165, 1.54) is 29.8 Å². The molecule has 1 unspecified atom stereocenters. The van der Waals surface area contributed by atoms with Gasteiger partial charge < -0.3 is 48.6 Å². The van der Waals surface area contributed by atoms with Crippen LogP contribution in [-0.4, -0.2) is 153 Å². The molecule has 19 heteroatoms. The number of thiophene rings is 1. The van der Waals surface area contributed by atoms with Crippen LogP contribution in [0.5, 0.6) is 23.1 Å². The van der Waals surface area contributed by atoms with Gasteiger partial charge in [-0.15, -0.1) is 11.3 Å². The number of nitrogens with one attached hydrogen (secondary N) is 1. The van der Waals surface area contributed by atoms with Gasteiger partial charge in [-0.25, -0.2) is 24.1 Å². The van der Waals surface area contributed by atoms with Crippen molar-refractivity contribution in [1.29, 1.82) is 0 Å². The monoisotopic (exact) mass is 989 g/mol. The van der Waals surface area contributed by atoms with Crippen LogP contribution in [0.4, 0.5) is 4.39 Å². The second kappa shape index (κ2) is 21.3. The van der Waals surface area contributed by atoms with Crippen LogP contribution in [0.2, 0.25) is 10.0 Å². The number of aliphatic imine (C=N–C) groups is 1. The zero-order valence-corrected chi connectivity index (χ0v) is 40.6. The molecule has 360 valence electrons. The second-order valence-electron chi connectivity index (χ2n) is 17.5. The third kappa shape index (κ3) is 10.8. The molecule has 2 N–H and O–H groups in total. The molecule has 5 aliphatic rings. The number of halogens is 3. The maximum atomic E-state index is 14.4. The maximum absolute atomic E-state index is 14.4. The molecule has 5 aromatic rings. The zero-order valence-electron chi connectivity index (χ0n) is 38.3. The van der Waals surface area contributed by atoms with Gasteiger partial charge >= 0.3 is 5.97 Å². The first-order chi connectivity index (χ1) is 32.9. The van der Waals surface area contributed by atoms with E-state index in [4.69, 9.17) is 51.6 Å². The van der Waals surface area contributed by atoms with E-state index < -0.39 is 30.3 Å². The highest BCUT2D eigenvalue weighted by molar-refractivity contribution is 7.22. The van der Waals surface area contributed by atoms with Crippen molar-refractivity contribution >= 4 is 56.9 Å². The lowest BCUT2D eigenvalue weighted by molar-refractivity contribution is -0.145. The number of ether oxygens (including phenoxy) is 6. The van der Waals surface area contributed by atoms with Gasteiger partial charge in [0.25, 0.3) is 0 Å². The number of benzene rings is 3. The van der Waals surface area contributed by atoms with E-state index in [9.17, 15) is 14.3 Å². The van der Waals surface area contributed by atoms with Gasteiger partial charge in [0.05, 0.1) is 33.8 Å². The lowest BCUT2D eigenvalue weighted by atomic mass is 9.92. The number of piperazine rings is 1. The van der Waals surface area contributed by atoms with Crippen molar-refractivity contribution < 1.29 is 42.7 Å². The van der Waals surface area contributed by atoms with Crippen molar-refractivity contribution in [2.24, 2.45) is 4.99 Å². The summed E-state index contributed by atoms with van der Waals surface area (Å²) in [5.74, 6) is -0.405. The van der Waals surface area contributed by atoms with E-state index in [1.807, 2.05) is 13.8 Å². The number of rotatable bonds is 10. The number of hydrogen-bond acceptors (Lipinski definition) is 15. The Morgan fingerprint density at radius 2 is 1.75 bits per heavy atom. The molecule has 2 fully saturated rings. The Hall–Kier alpha value is -5.11. The van der Waals surface area contributed by atoms with Gasteiger partial charge in [0.2, 0.25) is 18.3 Å². The molecular formula is C49H54Cl2FN7O8S. The molecule has 0 aliphatic carbocycles. The summed E-state index contributed by atoms with van der Waals surface area (Å²) < 4.78 is 52.8. The predicted molar refractivity (Wildman–Crippen MR) is 261 cm³/mol. The van der Waals surface area contributed by atoms with E-state index in [0.29, 0.717) is 101 Å². The summed E-state index contributed by atoms with van der Waals surface area (Å²) in [5, 5.41) is 15.2. The van der Waals surface area contributed by atoms with Crippen molar-refractivity contribution in [3.63, 3.8) is 0 Å². The van der Waals surface area contributed by atoms with Crippen LogP contribution in [0.1, 0.15) is 23.1 Å². The minimum Gasteiger partial charge on any atom is -0.490 e. The molecule has 7 heterocycles. The average Bonchev–Trinajstić information content (AvgIpc) is 3.58. The number of carboxylic acid groups (broad SMARTS) is 1. The molecular weight excluding hydrogens is 937 g/mol. The first kappa shape index (κ1) is 47.9. The van der Waals surface area contributed by atoms with Gasteiger partial charge in [-0.05, 0) is 93.0 Å². The maximum Gasteiger partial charge on any atom is 0.345 e. The summed E-state index contributed by atoms with van der Waals surface area (Å²) in [7, 11) is 4.18. The topological polar surface area (TPSA) is 153 Å². The number of aromatic nitrogens is 2. The quantitative estimate of drug-likeness (QED) is 0.142. The second-order valence-corrected chi connectivity index (χ2v) is 19.3. The normalized spacial score (nSPS) is 21.8. The molecule has 5 aliphatic heterocycles. The highest BCUT2D eigenvalue weighted by Gasteiger charge is 2.32. The van der Waals surface area contributed by atoms with Crippen molar-refractivity contribution in [3.05, 3.63) is 93.1 Å². The number of fused-ring (bicyclic) bond motifs is 7. The number of hydrogen-bond donors (Lipinski definition) is 2. The molecule has 15 nitrogen and oxygen atoms in total. The molecule has 4 bridgehead atoms. The summed E-state index contributed by atoms with van der Waals surface area (Å²) >= 11 is 16.0. The van der Waals surface area contributed by atoms with Crippen molar-refractivity contribution in [3.8, 4) is 44.7 Å². The Balaban J connectivity index is 1.09. The largest absolute Gasteiger partial charge is 0.490 e. The molecule has 4 atom stereocenters. The van der Waals surface area contributed by atoms with Crippen molar-refractivity contribution in [2.75, 3.05) is 86.3 Å². The Labute approximate surface area is 408 Å². The molecule has 2 saturated heterocycles. The molecule has 0 radical (unpaired) electrons. The van der Waals surface area contributed by atoms with Gasteiger partial charge in [0.1, 0.15) is 47.8 Å². The number of nitrogens with zero attached hydrogens (tertiary/aromatic N) is 6. The van der Waals surface area contributed by atoms with Crippen LogP contribution in [-0.2, 0) is 20.7 Å². The fourth-order valence-electron chi connectivity index (χ4n) is 8.87. The highest BCUT2D eigenvalue weighted by atomic mass is 35.5. The minimum absolute atomic E-state index is 0.0302. The van der Waals surface area contributed by atoms with E-state index in [0.717, 1.165) is 45.7 Å². The van der Waals surface area contributed by atoms with Gasteiger partial charge in [0, 0.05) is 81.1 Å². The molecule has 3 aromatic carbocycles. The lowest BCUT2D eigenvalue weighted by Gasteiger charge is -2.35. The average molecular weight is 991 g/mol. The van der Waals surface area contributed by atoms with Crippen LogP contribution >= 0.6 is 34.5 Å². The summed E-state index contributed by atoms with van der Waals surface area (Å²) in [6, 6.07) is 11.4. The number of carbonyl (C=O) groups is 1. The lowest BCUT2D eigenvalue weighted by Crippen LogP contribution is -2.49. The predicted octanol–water partition coefficient (Wildman–Crippen LogP) is 7.51. The Bertz CT molecular complexity index is 2670. The van der Waals surface area contributed by atoms with Crippen molar-refractivity contribution in [2.45, 2.75) is 51.4 Å². The van der Waals surface area contributed by atoms with Crippen molar-refractivity contribution in [1.82, 2.24) is 30.0 Å². The van der Waals surface area contributed by atoms with Gasteiger partial charge in [0.15, 0.2) is 5.75 Å². The van der Waals surface area contributed by atoms with Gasteiger partial charge in [-0.2, -0.15) is 0 Å². The first-order valence-corrected chi connectivity index (χ1v) is 24.2. The van der Waals surface area contributed by atoms with E-state index in [1.54, 1.807) is 42.6 Å². The smallest absolute Gasteiger partial charge is 0.345 e. The fraction of sp³-hybridized carbons (Fsp3) is 0.429. The number of carboxylic acids is 1. The van der Waals surface area contributed by atoms with E-state index in [-0.39, 0.29) is 31.6 Å². The Morgan fingerprint density at radius 3 is 2.51 bits per heavy atom. The molecule has 0 saturated carbocycles. The first-order valence-electron chi connectivity index (χ1n) is 22.7. The summed E-state index contributed by atoms with van der Waals surface area (Å²) in [6.45, 7) is 10.7. The Kier molecular flexibility index (Phi) is 15.0. The van der Waals surface area contributed by atoms with Crippen LogP contribution in [0.25, 0.3) is 31.8 Å². The highest BCUT2D eigenvalue weighted by Crippen LogP contribution is 2.53. The molecule has 2 aromatic heterocycles. The number of likely N-dealkylation sites (N-methyl/N-ethyl adjacent to an activating group) is 2. The van der Waals surface area contributed by atoms with Crippen LogP contribution in [0.3, 0.4) is 0 Å². The van der Waals surface area contributed by atoms with Crippen LogP contribution in [0.15, 0.2) is 65.6 Å². The number of aliphatic carboxylic acids is 1. The minimum atomic E-state index is -1.46. The molecule has 10 rings (SSSR count). The zero-order chi connectivity index (χ0) is 47.5. The molecule has 0 spiro atoms. The third-order valence-corrected chi connectivity index (χ3v) is 14.6. The standard InChI is InChI=1S/C49H54Cl2FN7O8S/c1-28-39-29(2)43(51)44(42(28)50)66-36(23-59-17-15-57(3)16-18-59)26-63-34-10-11-37(64-24-33-12-13-53-49(56-33)65-25-35-22-58(4)14-5-19-62-35)31(20-34)21-38(48(60)61)67-46-41-40(39)45(68-47(41)55-27-54-46)30-6-8-32(52)9-7-30/h6-13,20,27,35-36,38,49,56H,5,14-19,21-26H2,1-4H3,(H,60,61)/t35-,36+,38+,49?/m0/s1. The fourth-order valence-corrected chi connectivity index (χ4v) is 10.5. The van der Waals surface area contributed by atoms with E-state index in [2.05, 4.69) is 49.1 Å². The van der Waals surface area contributed by atoms with E-state index >= 15 is 0 Å².